The van der Waals surface area contributed by atoms with Crippen LogP contribution < -0.4 is 21.1 Å². The molecule has 0 saturated carbocycles. The normalized spacial score (nSPS) is 14.2. The van der Waals surface area contributed by atoms with E-state index in [1.807, 2.05) is 0 Å². The van der Waals surface area contributed by atoms with Gasteiger partial charge in [-0.15, -0.1) is 0 Å². The van der Waals surface area contributed by atoms with Gasteiger partial charge in [0.05, 0.1) is 22.8 Å². The minimum Gasteiger partial charge on any atom is -0.482 e. The van der Waals surface area contributed by atoms with Crippen molar-refractivity contribution < 1.29 is 17.9 Å². The molecule has 0 saturated heterocycles. The van der Waals surface area contributed by atoms with Gasteiger partial charge in [0.15, 0.2) is 6.61 Å². The average Bonchev–Trinajstić information content (AvgIpc) is 2.34. The molecule has 7 nitrogen and oxygen atoms in total. The van der Waals surface area contributed by atoms with Crippen LogP contribution >= 0.6 is 0 Å². The number of fused-ring (bicyclic) bond motifs is 1. The van der Waals surface area contributed by atoms with Crippen molar-refractivity contribution in [1.82, 2.24) is 0 Å². The Balaban J connectivity index is 2.01. The fraction of sp³-hybridized carbons (Fsp3) is 0.417. The Labute approximate surface area is 117 Å². The molecule has 1 aromatic carbocycles. The highest BCUT2D eigenvalue weighted by Crippen LogP contribution is 2.35. The van der Waals surface area contributed by atoms with E-state index in [-0.39, 0.29) is 18.3 Å². The van der Waals surface area contributed by atoms with E-state index >= 15 is 0 Å². The molecule has 8 heteroatoms. The SMILES string of the molecule is CS(=O)(=O)CCCNc1cc2c(cc1N)OCC(=O)N2. The summed E-state index contributed by atoms with van der Waals surface area (Å²) in [6.07, 6.45) is 1.69. The molecule has 2 rings (SSSR count). The highest BCUT2D eigenvalue weighted by Gasteiger charge is 2.17. The number of hydrogen-bond acceptors (Lipinski definition) is 6. The molecule has 1 aromatic rings. The van der Waals surface area contributed by atoms with Crippen molar-refractivity contribution in [2.24, 2.45) is 0 Å². The second-order valence-corrected chi connectivity index (χ2v) is 6.94. The number of nitrogens with two attached hydrogens (primary N) is 1. The Morgan fingerprint density at radius 3 is 2.90 bits per heavy atom. The number of benzene rings is 1. The molecule has 1 aliphatic heterocycles. The average molecular weight is 299 g/mol. The van der Waals surface area contributed by atoms with Crippen LogP contribution in [0, 0.1) is 0 Å². The first kappa shape index (κ1) is 14.4. The van der Waals surface area contributed by atoms with Crippen molar-refractivity contribution in [3.8, 4) is 5.75 Å². The van der Waals surface area contributed by atoms with Crippen LogP contribution in [0.15, 0.2) is 12.1 Å². The van der Waals surface area contributed by atoms with E-state index in [0.29, 0.717) is 35.8 Å². The molecular weight excluding hydrogens is 282 g/mol. The number of carbonyl (C=O) groups is 1. The summed E-state index contributed by atoms with van der Waals surface area (Å²) in [6.45, 7) is 0.457. The van der Waals surface area contributed by atoms with Gasteiger partial charge in [-0.25, -0.2) is 8.42 Å². The van der Waals surface area contributed by atoms with Crippen LogP contribution in [0.1, 0.15) is 6.42 Å². The Bertz CT molecular complexity index is 628. The molecule has 20 heavy (non-hydrogen) atoms. The first-order chi connectivity index (χ1) is 9.35. The van der Waals surface area contributed by atoms with E-state index in [4.69, 9.17) is 10.5 Å². The third-order valence-electron chi connectivity index (χ3n) is 2.79. The van der Waals surface area contributed by atoms with Crippen LogP contribution in [0.2, 0.25) is 0 Å². The molecule has 0 atom stereocenters. The Kier molecular flexibility index (Phi) is 4.03. The van der Waals surface area contributed by atoms with E-state index in [1.54, 1.807) is 12.1 Å². The topological polar surface area (TPSA) is 111 Å². The predicted octanol–water partition coefficient (Wildman–Crippen LogP) is 0.446. The first-order valence-electron chi connectivity index (χ1n) is 6.13. The van der Waals surface area contributed by atoms with Crippen LogP contribution in [0.5, 0.6) is 5.75 Å². The van der Waals surface area contributed by atoms with Crippen molar-refractivity contribution >= 4 is 32.8 Å². The molecule has 0 fully saturated rings. The van der Waals surface area contributed by atoms with E-state index < -0.39 is 9.84 Å². The lowest BCUT2D eigenvalue weighted by Gasteiger charge is -2.20. The number of nitrogen functional groups attached to an aromatic ring is 1. The summed E-state index contributed by atoms with van der Waals surface area (Å²) in [5.41, 5.74) is 7.56. The van der Waals surface area contributed by atoms with E-state index in [1.165, 1.54) is 6.26 Å². The number of anilines is 3. The zero-order valence-electron chi connectivity index (χ0n) is 11.1. The molecule has 0 aliphatic carbocycles. The molecule has 1 amide bonds. The third kappa shape index (κ3) is 3.77. The Hall–Kier alpha value is -1.96. The van der Waals surface area contributed by atoms with Gasteiger partial charge in [0.25, 0.3) is 5.91 Å². The van der Waals surface area contributed by atoms with Crippen LogP contribution in [0.3, 0.4) is 0 Å². The number of carbonyl (C=O) groups excluding carboxylic acids is 1. The molecular formula is C12H17N3O4S. The van der Waals surface area contributed by atoms with Gasteiger partial charge >= 0.3 is 0 Å². The number of nitrogens with one attached hydrogen (secondary N) is 2. The molecule has 0 radical (unpaired) electrons. The zero-order chi connectivity index (χ0) is 14.8. The quantitative estimate of drug-likeness (QED) is 0.537. The first-order valence-corrected chi connectivity index (χ1v) is 8.19. The second-order valence-electron chi connectivity index (χ2n) is 4.68. The number of hydrogen-bond donors (Lipinski definition) is 3. The molecule has 0 aromatic heterocycles. The van der Waals surface area contributed by atoms with Gasteiger partial charge in [-0.1, -0.05) is 0 Å². The molecule has 4 N–H and O–H groups in total. The smallest absolute Gasteiger partial charge is 0.262 e. The summed E-state index contributed by atoms with van der Waals surface area (Å²) in [4.78, 5) is 11.2. The lowest BCUT2D eigenvalue weighted by molar-refractivity contribution is -0.118. The van der Waals surface area contributed by atoms with E-state index in [9.17, 15) is 13.2 Å². The van der Waals surface area contributed by atoms with Crippen LogP contribution in [-0.4, -0.2) is 39.5 Å². The van der Waals surface area contributed by atoms with Gasteiger partial charge in [-0.3, -0.25) is 4.79 Å². The van der Waals surface area contributed by atoms with Crippen molar-refractivity contribution in [2.45, 2.75) is 6.42 Å². The molecule has 0 bridgehead atoms. The second kappa shape index (κ2) is 5.58. The molecule has 0 spiro atoms. The minimum atomic E-state index is -2.96. The fourth-order valence-electron chi connectivity index (χ4n) is 1.85. The maximum absolute atomic E-state index is 11.2. The monoisotopic (exact) mass is 299 g/mol. The lowest BCUT2D eigenvalue weighted by Crippen LogP contribution is -2.25. The summed E-state index contributed by atoms with van der Waals surface area (Å²) in [5.74, 6) is 0.430. The van der Waals surface area contributed by atoms with Gasteiger partial charge in [0.2, 0.25) is 0 Å². The highest BCUT2D eigenvalue weighted by molar-refractivity contribution is 7.90. The lowest BCUT2D eigenvalue weighted by atomic mass is 10.2. The summed E-state index contributed by atoms with van der Waals surface area (Å²) >= 11 is 0. The summed E-state index contributed by atoms with van der Waals surface area (Å²) < 4.78 is 27.3. The molecule has 110 valence electrons. The van der Waals surface area contributed by atoms with Crippen LogP contribution in [-0.2, 0) is 14.6 Å². The summed E-state index contributed by atoms with van der Waals surface area (Å²) in [5, 5.41) is 5.74. The Morgan fingerprint density at radius 1 is 1.45 bits per heavy atom. The number of sulfone groups is 1. The minimum absolute atomic E-state index is 0.0203. The van der Waals surface area contributed by atoms with Gasteiger partial charge in [0.1, 0.15) is 15.6 Å². The zero-order valence-corrected chi connectivity index (χ0v) is 11.9. The van der Waals surface area contributed by atoms with Gasteiger partial charge in [-0.05, 0) is 12.5 Å². The fourth-order valence-corrected chi connectivity index (χ4v) is 2.52. The van der Waals surface area contributed by atoms with E-state index in [0.717, 1.165) is 0 Å². The van der Waals surface area contributed by atoms with Crippen LogP contribution in [0.4, 0.5) is 17.1 Å². The summed E-state index contributed by atoms with van der Waals surface area (Å²) in [6, 6.07) is 3.32. The largest absolute Gasteiger partial charge is 0.482 e. The number of amides is 1. The van der Waals surface area contributed by atoms with Gasteiger partial charge in [-0.2, -0.15) is 0 Å². The number of ether oxygens (including phenoxy) is 1. The van der Waals surface area contributed by atoms with Crippen molar-refractivity contribution in [2.75, 3.05) is 41.5 Å². The highest BCUT2D eigenvalue weighted by atomic mass is 32.2. The van der Waals surface area contributed by atoms with Gasteiger partial charge in [0, 0.05) is 18.9 Å². The number of rotatable bonds is 5. The third-order valence-corrected chi connectivity index (χ3v) is 3.82. The maximum Gasteiger partial charge on any atom is 0.262 e. The van der Waals surface area contributed by atoms with Crippen molar-refractivity contribution in [3.05, 3.63) is 12.1 Å². The standard InChI is InChI=1S/C12H17N3O4S/c1-20(17,18)4-2-3-14-9-6-10-11(5-8(9)13)19-7-12(16)15-10/h5-6,14H,2-4,7,13H2,1H3,(H,15,16). The predicted molar refractivity (Wildman–Crippen MR) is 77.8 cm³/mol. The molecule has 0 unspecified atom stereocenters. The Morgan fingerprint density at radius 2 is 2.20 bits per heavy atom. The molecule has 1 aliphatic rings. The van der Waals surface area contributed by atoms with Crippen molar-refractivity contribution in [3.63, 3.8) is 0 Å². The maximum atomic E-state index is 11.2. The van der Waals surface area contributed by atoms with Crippen LogP contribution in [0.25, 0.3) is 0 Å². The molecule has 1 heterocycles. The van der Waals surface area contributed by atoms with E-state index in [2.05, 4.69) is 10.6 Å². The summed E-state index contributed by atoms with van der Waals surface area (Å²) in [7, 11) is -2.96. The van der Waals surface area contributed by atoms with Crippen molar-refractivity contribution in [1.29, 1.82) is 0 Å². The van der Waals surface area contributed by atoms with Gasteiger partial charge < -0.3 is 21.1 Å².